The van der Waals surface area contributed by atoms with Crippen molar-refractivity contribution in [1.82, 2.24) is 15.0 Å². The third-order valence-corrected chi connectivity index (χ3v) is 10.3. The molecule has 3 nitrogen and oxygen atoms in total. The second-order valence-electron chi connectivity index (χ2n) is 13.1. The predicted octanol–water partition coefficient (Wildman–Crippen LogP) is 11.4. The monoisotopic (exact) mass is 617 g/mol. The van der Waals surface area contributed by atoms with Gasteiger partial charge in [-0.05, 0) is 75.5 Å². The molecule has 9 rings (SSSR count). The Bertz CT molecular complexity index is 2270. The lowest BCUT2D eigenvalue weighted by Crippen LogP contribution is -2.27. The van der Waals surface area contributed by atoms with E-state index < -0.39 is 0 Å². The molecule has 0 radical (unpaired) electrons. The van der Waals surface area contributed by atoms with Gasteiger partial charge in [-0.2, -0.15) is 0 Å². The molecule has 1 heterocycles. The normalized spacial score (nSPS) is 14.4. The Balaban J connectivity index is 1.14. The molecule has 0 N–H and O–H groups in total. The van der Waals surface area contributed by atoms with Gasteiger partial charge in [0.15, 0.2) is 17.5 Å². The summed E-state index contributed by atoms with van der Waals surface area (Å²) in [5.74, 6) is 1.99. The first-order chi connectivity index (χ1) is 23.7. The molecule has 2 aliphatic rings. The highest BCUT2D eigenvalue weighted by Crippen LogP contribution is 2.56. The minimum atomic E-state index is 0.164. The third-order valence-electron chi connectivity index (χ3n) is 10.3. The molecule has 0 saturated heterocycles. The molecule has 7 aromatic rings. The van der Waals surface area contributed by atoms with Gasteiger partial charge >= 0.3 is 0 Å². The second-order valence-corrected chi connectivity index (χ2v) is 13.1. The molecule has 1 aromatic heterocycles. The molecule has 0 unspecified atom stereocenters. The van der Waals surface area contributed by atoms with E-state index in [4.69, 9.17) is 15.0 Å². The van der Waals surface area contributed by atoms with Crippen molar-refractivity contribution in [2.24, 2.45) is 0 Å². The number of hydrogen-bond acceptors (Lipinski definition) is 3. The van der Waals surface area contributed by atoms with Crippen molar-refractivity contribution in [1.29, 1.82) is 0 Å². The number of fused-ring (bicyclic) bond motifs is 5. The van der Waals surface area contributed by atoms with Crippen molar-refractivity contribution < 1.29 is 0 Å². The van der Waals surface area contributed by atoms with E-state index in [9.17, 15) is 0 Å². The van der Waals surface area contributed by atoms with Crippen LogP contribution in [0.1, 0.15) is 43.2 Å². The van der Waals surface area contributed by atoms with E-state index in [0.717, 1.165) is 33.4 Å². The fourth-order valence-electron chi connectivity index (χ4n) is 8.00. The molecular formula is C45H35N3. The van der Waals surface area contributed by atoms with Crippen molar-refractivity contribution in [3.8, 4) is 67.5 Å². The zero-order chi connectivity index (χ0) is 31.9. The van der Waals surface area contributed by atoms with Gasteiger partial charge in [-0.1, -0.05) is 153 Å². The van der Waals surface area contributed by atoms with E-state index in [2.05, 4.69) is 127 Å². The molecule has 1 spiro atoms. The SMILES string of the molecule is c1ccc(-c2cccc(-c3nc(-c4ccccc4)nc(-c4cccc(-c5ccc6c(c5)-c5ccccc5C65CCCCC5)c4)n3)c2)cc1. The Morgan fingerprint density at radius 3 is 1.48 bits per heavy atom. The van der Waals surface area contributed by atoms with Crippen molar-refractivity contribution in [2.45, 2.75) is 37.5 Å². The summed E-state index contributed by atoms with van der Waals surface area (Å²) in [4.78, 5) is 15.1. The Morgan fingerprint density at radius 1 is 0.333 bits per heavy atom. The van der Waals surface area contributed by atoms with E-state index in [0.29, 0.717) is 17.5 Å². The summed E-state index contributed by atoms with van der Waals surface area (Å²) in [5, 5.41) is 0. The Kier molecular flexibility index (Phi) is 7.04. The Morgan fingerprint density at radius 2 is 0.812 bits per heavy atom. The van der Waals surface area contributed by atoms with Crippen LogP contribution in [0.15, 0.2) is 152 Å². The van der Waals surface area contributed by atoms with Crippen LogP contribution in [0.25, 0.3) is 67.5 Å². The van der Waals surface area contributed by atoms with E-state index in [1.165, 1.54) is 59.9 Å². The average molecular weight is 618 g/mol. The lowest BCUT2D eigenvalue weighted by Gasteiger charge is -2.36. The quantitative estimate of drug-likeness (QED) is 0.193. The van der Waals surface area contributed by atoms with Gasteiger partial charge in [-0.3, -0.25) is 0 Å². The molecule has 1 saturated carbocycles. The number of hydrogen-bond donors (Lipinski definition) is 0. The second kappa shape index (κ2) is 11.8. The van der Waals surface area contributed by atoms with Crippen LogP contribution in [0.2, 0.25) is 0 Å². The highest BCUT2D eigenvalue weighted by Gasteiger charge is 2.43. The summed E-state index contributed by atoms with van der Waals surface area (Å²) in [6.07, 6.45) is 6.42. The molecule has 2 aliphatic carbocycles. The fourth-order valence-corrected chi connectivity index (χ4v) is 8.00. The molecule has 230 valence electrons. The molecule has 1 fully saturated rings. The molecule has 0 bridgehead atoms. The van der Waals surface area contributed by atoms with Gasteiger partial charge in [0.05, 0.1) is 0 Å². The summed E-state index contributed by atoms with van der Waals surface area (Å²) >= 11 is 0. The lowest BCUT2D eigenvalue weighted by atomic mass is 9.68. The van der Waals surface area contributed by atoms with Gasteiger partial charge in [0.25, 0.3) is 0 Å². The fraction of sp³-hybridized carbons (Fsp3) is 0.133. The Labute approximate surface area is 282 Å². The molecule has 0 aliphatic heterocycles. The van der Waals surface area contributed by atoms with Crippen LogP contribution < -0.4 is 0 Å². The first kappa shape index (κ1) is 28.5. The molecule has 6 aromatic carbocycles. The van der Waals surface area contributed by atoms with Crippen molar-refractivity contribution in [3.63, 3.8) is 0 Å². The molecule has 0 amide bonds. The average Bonchev–Trinajstić information content (AvgIpc) is 3.43. The van der Waals surface area contributed by atoms with Gasteiger partial charge in [-0.25, -0.2) is 15.0 Å². The van der Waals surface area contributed by atoms with Crippen LogP contribution in [-0.2, 0) is 5.41 Å². The van der Waals surface area contributed by atoms with E-state index in [1.54, 1.807) is 0 Å². The lowest BCUT2D eigenvalue weighted by molar-refractivity contribution is 0.353. The van der Waals surface area contributed by atoms with E-state index >= 15 is 0 Å². The van der Waals surface area contributed by atoms with Crippen LogP contribution in [0.4, 0.5) is 0 Å². The molecular weight excluding hydrogens is 583 g/mol. The van der Waals surface area contributed by atoms with Crippen LogP contribution in [0, 0.1) is 0 Å². The van der Waals surface area contributed by atoms with Gasteiger partial charge in [-0.15, -0.1) is 0 Å². The maximum absolute atomic E-state index is 5.09. The standard InChI is InChI=1S/C45H35N3/c1-4-14-31(15-5-1)33-18-12-20-36(28-33)43-46-42(32-16-6-2-7-17-32)47-44(48-43)37-21-13-19-34(29-37)35-24-25-41-39(30-35)38-22-8-9-23-40(38)45(41)26-10-3-11-27-45/h1-2,4-9,12-25,28-30H,3,10-11,26-27H2. The first-order valence-corrected chi connectivity index (χ1v) is 17.1. The van der Waals surface area contributed by atoms with Crippen LogP contribution in [0.5, 0.6) is 0 Å². The van der Waals surface area contributed by atoms with Crippen LogP contribution >= 0.6 is 0 Å². The van der Waals surface area contributed by atoms with Gasteiger partial charge in [0, 0.05) is 22.1 Å². The van der Waals surface area contributed by atoms with Crippen LogP contribution in [0.3, 0.4) is 0 Å². The third kappa shape index (κ3) is 4.94. The van der Waals surface area contributed by atoms with Crippen molar-refractivity contribution in [2.75, 3.05) is 0 Å². The van der Waals surface area contributed by atoms with Gasteiger partial charge in [0.1, 0.15) is 0 Å². The number of rotatable bonds is 5. The number of nitrogens with zero attached hydrogens (tertiary/aromatic N) is 3. The topological polar surface area (TPSA) is 38.7 Å². The van der Waals surface area contributed by atoms with Crippen LogP contribution in [-0.4, -0.2) is 15.0 Å². The number of aromatic nitrogens is 3. The van der Waals surface area contributed by atoms with Gasteiger partial charge in [0.2, 0.25) is 0 Å². The zero-order valence-electron chi connectivity index (χ0n) is 26.8. The number of benzene rings is 6. The van der Waals surface area contributed by atoms with Crippen molar-refractivity contribution in [3.05, 3.63) is 163 Å². The largest absolute Gasteiger partial charge is 0.208 e. The van der Waals surface area contributed by atoms with Crippen molar-refractivity contribution >= 4 is 0 Å². The maximum atomic E-state index is 5.09. The first-order valence-electron chi connectivity index (χ1n) is 17.1. The molecule has 48 heavy (non-hydrogen) atoms. The minimum Gasteiger partial charge on any atom is -0.208 e. The predicted molar refractivity (Wildman–Crippen MR) is 196 cm³/mol. The highest BCUT2D eigenvalue weighted by atomic mass is 15.0. The summed E-state index contributed by atoms with van der Waals surface area (Å²) in [7, 11) is 0. The van der Waals surface area contributed by atoms with E-state index in [1.807, 2.05) is 24.3 Å². The smallest absolute Gasteiger partial charge is 0.164 e. The van der Waals surface area contributed by atoms with E-state index in [-0.39, 0.29) is 5.41 Å². The van der Waals surface area contributed by atoms with Gasteiger partial charge < -0.3 is 0 Å². The summed E-state index contributed by atoms with van der Waals surface area (Å²) < 4.78 is 0. The summed E-state index contributed by atoms with van der Waals surface area (Å²) in [6.45, 7) is 0. The molecule has 3 heteroatoms. The summed E-state index contributed by atoms with van der Waals surface area (Å²) in [5.41, 5.74) is 13.6. The molecule has 0 atom stereocenters. The highest BCUT2D eigenvalue weighted by molar-refractivity contribution is 5.85. The summed E-state index contributed by atoms with van der Waals surface area (Å²) in [6, 6.07) is 54.0. The zero-order valence-corrected chi connectivity index (χ0v) is 26.8. The maximum Gasteiger partial charge on any atom is 0.164 e. The minimum absolute atomic E-state index is 0.164. The Hall–Kier alpha value is -5.67.